The number of benzene rings is 2. The molecule has 0 saturated heterocycles. The number of nitrogens with one attached hydrogen (secondary N) is 1. The van der Waals surface area contributed by atoms with Gasteiger partial charge in [-0.25, -0.2) is 0 Å². The summed E-state index contributed by atoms with van der Waals surface area (Å²) in [4.78, 5) is 28.4. The molecule has 1 N–H and O–H groups in total. The van der Waals surface area contributed by atoms with Gasteiger partial charge in [0, 0.05) is 17.2 Å². The Labute approximate surface area is 186 Å². The summed E-state index contributed by atoms with van der Waals surface area (Å²) in [6.07, 6.45) is 7.93. The van der Waals surface area contributed by atoms with Crippen LogP contribution in [0.4, 0.5) is 5.69 Å². The van der Waals surface area contributed by atoms with E-state index in [4.69, 9.17) is 0 Å². The van der Waals surface area contributed by atoms with E-state index in [1.54, 1.807) is 0 Å². The lowest BCUT2D eigenvalue weighted by molar-refractivity contribution is -0.141. The van der Waals surface area contributed by atoms with Crippen LogP contribution in [0.2, 0.25) is 0 Å². The third-order valence-corrected chi connectivity index (χ3v) is 6.96. The third kappa shape index (κ3) is 4.84. The first-order valence-electron chi connectivity index (χ1n) is 11.8. The van der Waals surface area contributed by atoms with E-state index in [0.29, 0.717) is 0 Å². The van der Waals surface area contributed by atoms with E-state index in [0.717, 1.165) is 54.0 Å². The molecule has 2 aromatic rings. The first kappa shape index (κ1) is 21.6. The number of rotatable bonds is 5. The summed E-state index contributed by atoms with van der Waals surface area (Å²) >= 11 is 0. The molecule has 1 fully saturated rings. The molecule has 1 heterocycles. The maximum absolute atomic E-state index is 13.8. The summed E-state index contributed by atoms with van der Waals surface area (Å²) in [5.74, 6) is 0.786. The minimum absolute atomic E-state index is 0.0169. The van der Waals surface area contributed by atoms with Gasteiger partial charge in [-0.1, -0.05) is 74.2 Å². The van der Waals surface area contributed by atoms with Gasteiger partial charge < -0.3 is 10.2 Å². The van der Waals surface area contributed by atoms with E-state index in [2.05, 4.69) is 37.4 Å². The van der Waals surface area contributed by atoms with Crippen molar-refractivity contribution < 1.29 is 9.59 Å². The zero-order valence-electron chi connectivity index (χ0n) is 18.8. The first-order valence-corrected chi connectivity index (χ1v) is 11.8. The van der Waals surface area contributed by atoms with Crippen LogP contribution in [0.5, 0.6) is 0 Å². The SMILES string of the molecule is CCCCC1CCC(C(=O)N2CC(=O)Nc3ccc(C)cc3C2c2ccccc2)CC1. The number of unbranched alkanes of at least 4 members (excludes halogenated alkanes) is 1. The second kappa shape index (κ2) is 9.67. The van der Waals surface area contributed by atoms with Gasteiger partial charge in [-0.15, -0.1) is 0 Å². The highest BCUT2D eigenvalue weighted by atomic mass is 16.2. The molecule has 31 heavy (non-hydrogen) atoms. The van der Waals surface area contributed by atoms with Crippen LogP contribution in [-0.4, -0.2) is 23.3 Å². The molecule has 1 saturated carbocycles. The van der Waals surface area contributed by atoms with Gasteiger partial charge in [0.2, 0.25) is 11.8 Å². The molecule has 4 heteroatoms. The summed E-state index contributed by atoms with van der Waals surface area (Å²) in [6.45, 7) is 4.39. The van der Waals surface area contributed by atoms with Gasteiger partial charge in [0.05, 0.1) is 6.04 Å². The molecule has 4 nitrogen and oxygen atoms in total. The smallest absolute Gasteiger partial charge is 0.244 e. The van der Waals surface area contributed by atoms with Crippen molar-refractivity contribution in [3.05, 3.63) is 65.2 Å². The average molecular weight is 419 g/mol. The Morgan fingerprint density at radius 2 is 1.81 bits per heavy atom. The predicted octanol–water partition coefficient (Wildman–Crippen LogP) is 5.86. The summed E-state index contributed by atoms with van der Waals surface area (Å²) in [7, 11) is 0. The zero-order chi connectivity index (χ0) is 21.8. The van der Waals surface area contributed by atoms with Crippen molar-refractivity contribution in [3.63, 3.8) is 0 Å². The lowest BCUT2D eigenvalue weighted by Gasteiger charge is -2.36. The quantitative estimate of drug-likeness (QED) is 0.661. The van der Waals surface area contributed by atoms with E-state index in [1.165, 1.54) is 19.3 Å². The second-order valence-electron chi connectivity index (χ2n) is 9.28. The fraction of sp³-hybridized carbons (Fsp3) is 0.481. The molecule has 0 aromatic heterocycles. The largest absolute Gasteiger partial charge is 0.324 e. The highest BCUT2D eigenvalue weighted by molar-refractivity contribution is 5.97. The van der Waals surface area contributed by atoms with Gasteiger partial charge in [0.15, 0.2) is 0 Å². The molecule has 2 aliphatic rings. The van der Waals surface area contributed by atoms with Gasteiger partial charge in [-0.2, -0.15) is 0 Å². The summed E-state index contributed by atoms with van der Waals surface area (Å²) < 4.78 is 0. The van der Waals surface area contributed by atoms with Crippen LogP contribution in [0.25, 0.3) is 0 Å². The highest BCUT2D eigenvalue weighted by Gasteiger charge is 2.37. The standard InChI is InChI=1S/C27H34N2O2/c1-3-4-8-20-12-14-22(15-13-20)27(31)29-18-25(30)28-24-16-11-19(2)17-23(24)26(29)21-9-6-5-7-10-21/h5-7,9-11,16-17,20,22,26H,3-4,8,12-15,18H2,1-2H3,(H,28,30). The number of nitrogens with zero attached hydrogens (tertiary/aromatic N) is 1. The summed E-state index contributed by atoms with van der Waals surface area (Å²) in [6, 6.07) is 16.0. The van der Waals surface area contributed by atoms with Crippen LogP contribution in [0.3, 0.4) is 0 Å². The van der Waals surface area contributed by atoms with Gasteiger partial charge >= 0.3 is 0 Å². The van der Waals surface area contributed by atoms with Crippen LogP contribution in [0.1, 0.15) is 74.6 Å². The van der Waals surface area contributed by atoms with Crippen molar-refractivity contribution in [2.24, 2.45) is 11.8 Å². The van der Waals surface area contributed by atoms with Crippen molar-refractivity contribution >= 4 is 17.5 Å². The molecule has 0 radical (unpaired) electrons. The van der Waals surface area contributed by atoms with Crippen molar-refractivity contribution in [2.45, 2.75) is 64.8 Å². The highest BCUT2D eigenvalue weighted by Crippen LogP contribution is 2.39. The summed E-state index contributed by atoms with van der Waals surface area (Å²) in [5, 5.41) is 3.03. The Hall–Kier alpha value is -2.62. The fourth-order valence-electron chi connectivity index (χ4n) is 5.25. The molecule has 1 atom stereocenters. The average Bonchev–Trinajstić information content (AvgIpc) is 2.93. The first-order chi connectivity index (χ1) is 15.1. The second-order valence-corrected chi connectivity index (χ2v) is 9.28. The number of fused-ring (bicyclic) bond motifs is 1. The zero-order valence-corrected chi connectivity index (χ0v) is 18.8. The molecule has 2 aromatic carbocycles. The minimum atomic E-state index is -0.250. The number of aryl methyl sites for hydroxylation is 1. The molecular weight excluding hydrogens is 384 g/mol. The normalized spacial score (nSPS) is 23.6. The van der Waals surface area contributed by atoms with Gasteiger partial charge in [0.25, 0.3) is 0 Å². The Bertz CT molecular complexity index is 916. The van der Waals surface area contributed by atoms with E-state index >= 15 is 0 Å². The lowest BCUT2D eigenvalue weighted by Crippen LogP contribution is -2.43. The molecule has 0 spiro atoms. The Balaban J connectivity index is 1.64. The van der Waals surface area contributed by atoms with Crippen molar-refractivity contribution in [1.82, 2.24) is 4.90 Å². The Morgan fingerprint density at radius 1 is 1.06 bits per heavy atom. The predicted molar refractivity (Wildman–Crippen MR) is 125 cm³/mol. The van der Waals surface area contributed by atoms with Crippen LogP contribution in [0, 0.1) is 18.8 Å². The van der Waals surface area contributed by atoms with Crippen LogP contribution in [0.15, 0.2) is 48.5 Å². The van der Waals surface area contributed by atoms with Crippen molar-refractivity contribution in [3.8, 4) is 0 Å². The number of hydrogen-bond acceptors (Lipinski definition) is 2. The molecule has 2 amide bonds. The molecule has 164 valence electrons. The van der Waals surface area contributed by atoms with Gasteiger partial charge in [-0.05, 0) is 50.2 Å². The lowest BCUT2D eigenvalue weighted by atomic mass is 9.79. The topological polar surface area (TPSA) is 49.4 Å². The summed E-state index contributed by atoms with van der Waals surface area (Å²) in [5.41, 5.74) is 3.99. The van der Waals surface area contributed by atoms with Crippen LogP contribution in [-0.2, 0) is 9.59 Å². The number of amides is 2. The minimum Gasteiger partial charge on any atom is -0.324 e. The molecule has 1 unspecified atom stereocenters. The molecule has 1 aliphatic heterocycles. The van der Waals surface area contributed by atoms with E-state index < -0.39 is 0 Å². The number of carbonyl (C=O) groups excluding carboxylic acids is 2. The number of hydrogen-bond donors (Lipinski definition) is 1. The van der Waals surface area contributed by atoms with Crippen molar-refractivity contribution in [2.75, 3.05) is 11.9 Å². The molecule has 1 aliphatic carbocycles. The van der Waals surface area contributed by atoms with E-state index in [-0.39, 0.29) is 30.3 Å². The number of carbonyl (C=O) groups is 2. The van der Waals surface area contributed by atoms with Crippen LogP contribution >= 0.6 is 0 Å². The number of anilines is 1. The molecular formula is C27H34N2O2. The van der Waals surface area contributed by atoms with E-state index in [9.17, 15) is 9.59 Å². The van der Waals surface area contributed by atoms with Crippen molar-refractivity contribution in [1.29, 1.82) is 0 Å². The third-order valence-electron chi connectivity index (χ3n) is 6.96. The van der Waals surface area contributed by atoms with E-state index in [1.807, 2.05) is 35.2 Å². The van der Waals surface area contributed by atoms with Crippen LogP contribution < -0.4 is 5.32 Å². The molecule has 0 bridgehead atoms. The monoisotopic (exact) mass is 418 g/mol. The maximum Gasteiger partial charge on any atom is 0.244 e. The maximum atomic E-state index is 13.8. The van der Waals surface area contributed by atoms with Gasteiger partial charge in [0.1, 0.15) is 6.54 Å². The Morgan fingerprint density at radius 3 is 2.52 bits per heavy atom. The Kier molecular flexibility index (Phi) is 6.74. The fourth-order valence-corrected chi connectivity index (χ4v) is 5.25. The van der Waals surface area contributed by atoms with Gasteiger partial charge in [-0.3, -0.25) is 9.59 Å². The molecule has 4 rings (SSSR count).